The van der Waals surface area contributed by atoms with Crippen molar-refractivity contribution in [1.29, 1.82) is 0 Å². The van der Waals surface area contributed by atoms with Crippen molar-refractivity contribution >= 4 is 11.8 Å². The summed E-state index contributed by atoms with van der Waals surface area (Å²) in [6, 6.07) is 5.52. The molecule has 0 aromatic heterocycles. The maximum absolute atomic E-state index is 14.0. The van der Waals surface area contributed by atoms with Gasteiger partial charge in [-0.15, -0.1) is 6.58 Å². The van der Waals surface area contributed by atoms with Crippen LogP contribution in [0.5, 0.6) is 11.5 Å². The molecule has 2 fully saturated rings. The van der Waals surface area contributed by atoms with Crippen LogP contribution in [0.4, 0.5) is 4.79 Å². The van der Waals surface area contributed by atoms with Gasteiger partial charge >= 0.3 is 6.09 Å². The highest BCUT2D eigenvalue weighted by molar-refractivity contribution is 6.02. The van der Waals surface area contributed by atoms with E-state index in [1.165, 1.54) is 44.9 Å². The van der Waals surface area contributed by atoms with Crippen LogP contribution in [0.15, 0.2) is 47.7 Å². The minimum absolute atomic E-state index is 0.0898. The fraction of sp³-hybridized carbons (Fsp3) is 0.739. The Morgan fingerprint density at radius 3 is 2.35 bits per heavy atom. The molecule has 1 saturated carbocycles. The predicted molar refractivity (Wildman–Crippen MR) is 225 cm³/mol. The Balaban J connectivity index is 1.46. The Kier molecular flexibility index (Phi) is 18.5. The number of allylic oxidation sites excluding steroid dienone is 1. The summed E-state index contributed by atoms with van der Waals surface area (Å²) >= 11 is 0. The second-order valence-corrected chi connectivity index (χ2v) is 16.6. The average molecular weight is 796 g/mol. The van der Waals surface area contributed by atoms with Crippen LogP contribution in [0.2, 0.25) is 0 Å². The lowest BCUT2D eigenvalue weighted by Gasteiger charge is -2.59. The number of amides is 1. The van der Waals surface area contributed by atoms with Gasteiger partial charge in [0.2, 0.25) is 5.79 Å². The molecule has 1 aromatic carbocycles. The minimum atomic E-state index is -1.29. The molecule has 1 saturated heterocycles. The molecule has 0 bridgehead atoms. The topological polar surface area (TPSA) is 122 Å². The standard InChI is InChI=1S/C46H73N3O8/c1-5-7-8-9-10-11-12-13-14-19-30-55-45(52)48(3)42-34-40(47-53-4)38-32-35(20-15-17-27-50)37(21-16-18-28-51)43-39-33-36(54-31-26-49-24-25-49)22-23-41(39)57-46(42,44(38)43)56-29-6-2/h6,22-23,32-33,35,37,42-44,50-51H,2,5,7-21,24-31,34H2,1,3-4H3/t35-,37+,42-,43+,44+,46+/m0/s1. The quantitative estimate of drug-likeness (QED) is 0.0372. The number of benzene rings is 1. The molecule has 11 heteroatoms. The summed E-state index contributed by atoms with van der Waals surface area (Å²) in [4.78, 5) is 23.5. The molecule has 320 valence electrons. The van der Waals surface area contributed by atoms with Crippen molar-refractivity contribution in [1.82, 2.24) is 9.80 Å². The molecule has 2 heterocycles. The molecule has 2 aliphatic heterocycles. The second-order valence-electron chi connectivity index (χ2n) is 16.6. The lowest BCUT2D eigenvalue weighted by molar-refractivity contribution is -0.253. The SMILES string of the molecule is C=CCO[C@@]12Oc3ccc(OCCN4CC4)cc3[C@H]3[C@H](CCCCO)[C@@H](CCCCO)C=C(C(=NOC)C[C@@H]1N(C)C(=O)OCCCCCCCCCCCC)[C@H]32. The average Bonchev–Trinajstić information content (AvgIpc) is 4.05. The molecule has 0 unspecified atom stereocenters. The number of rotatable bonds is 28. The number of fused-ring (bicyclic) bond motifs is 2. The highest BCUT2D eigenvalue weighted by Gasteiger charge is 2.65. The number of hydrogen-bond acceptors (Lipinski definition) is 10. The highest BCUT2D eigenvalue weighted by Crippen LogP contribution is 2.61. The van der Waals surface area contributed by atoms with Crippen LogP contribution in [0, 0.1) is 17.8 Å². The van der Waals surface area contributed by atoms with Gasteiger partial charge in [-0.25, -0.2) is 4.79 Å². The fourth-order valence-electron chi connectivity index (χ4n) is 9.49. The van der Waals surface area contributed by atoms with Crippen LogP contribution >= 0.6 is 0 Å². The number of carbonyl (C=O) groups excluding carboxylic acids is 1. The van der Waals surface area contributed by atoms with E-state index in [0.29, 0.717) is 31.8 Å². The molecular weight excluding hydrogens is 723 g/mol. The summed E-state index contributed by atoms with van der Waals surface area (Å²) in [7, 11) is 3.35. The van der Waals surface area contributed by atoms with E-state index < -0.39 is 17.9 Å². The van der Waals surface area contributed by atoms with Crippen molar-refractivity contribution in [2.45, 2.75) is 134 Å². The Morgan fingerprint density at radius 2 is 1.68 bits per heavy atom. The van der Waals surface area contributed by atoms with Crippen LogP contribution in [-0.2, 0) is 14.3 Å². The zero-order valence-electron chi connectivity index (χ0n) is 35.3. The monoisotopic (exact) mass is 796 g/mol. The van der Waals surface area contributed by atoms with E-state index in [0.717, 1.165) is 93.6 Å². The van der Waals surface area contributed by atoms with E-state index in [2.05, 4.69) is 35.7 Å². The molecule has 57 heavy (non-hydrogen) atoms. The molecule has 6 atom stereocenters. The van der Waals surface area contributed by atoms with Gasteiger partial charge in [0.25, 0.3) is 0 Å². The van der Waals surface area contributed by atoms with Crippen LogP contribution < -0.4 is 9.47 Å². The van der Waals surface area contributed by atoms with E-state index in [1.807, 2.05) is 12.1 Å². The first kappa shape index (κ1) is 45.0. The fourth-order valence-corrected chi connectivity index (χ4v) is 9.49. The van der Waals surface area contributed by atoms with E-state index in [-0.39, 0.29) is 43.5 Å². The van der Waals surface area contributed by atoms with Crippen LogP contribution in [-0.4, -0.2) is 110 Å². The third-order valence-corrected chi connectivity index (χ3v) is 12.5. The van der Waals surface area contributed by atoms with E-state index in [4.69, 9.17) is 23.8 Å². The number of oxime groups is 1. The van der Waals surface area contributed by atoms with Crippen LogP contribution in [0.1, 0.15) is 128 Å². The summed E-state index contributed by atoms with van der Waals surface area (Å²) < 4.78 is 26.4. The van der Waals surface area contributed by atoms with Gasteiger partial charge in [0.05, 0.1) is 24.8 Å². The smallest absolute Gasteiger partial charge is 0.409 e. The summed E-state index contributed by atoms with van der Waals surface area (Å²) in [5, 5.41) is 24.3. The zero-order valence-corrected chi connectivity index (χ0v) is 35.3. The molecule has 1 amide bonds. The first-order valence-corrected chi connectivity index (χ1v) is 22.3. The molecule has 1 aromatic rings. The number of carbonyl (C=O) groups is 1. The summed E-state index contributed by atoms with van der Waals surface area (Å²) in [5.41, 5.74) is 2.83. The molecule has 0 spiro atoms. The Labute approximate surface area is 342 Å². The van der Waals surface area contributed by atoms with Crippen molar-refractivity contribution in [3.8, 4) is 11.5 Å². The number of nitrogens with zero attached hydrogens (tertiary/aromatic N) is 3. The molecule has 0 radical (unpaired) electrons. The van der Waals surface area contributed by atoms with Crippen molar-refractivity contribution in [2.24, 2.45) is 22.9 Å². The van der Waals surface area contributed by atoms with Crippen molar-refractivity contribution in [3.05, 3.63) is 48.1 Å². The van der Waals surface area contributed by atoms with Gasteiger partial charge in [-0.2, -0.15) is 0 Å². The maximum atomic E-state index is 14.0. The number of ether oxygens (including phenoxy) is 4. The Hall–Kier alpha value is -3.12. The molecule has 2 N–H and O–H groups in total. The molecule has 5 rings (SSSR count). The first-order chi connectivity index (χ1) is 27.9. The summed E-state index contributed by atoms with van der Waals surface area (Å²) in [6.07, 6.45) is 21.0. The van der Waals surface area contributed by atoms with Crippen molar-refractivity contribution in [2.75, 3.05) is 66.8 Å². The van der Waals surface area contributed by atoms with Gasteiger partial charge in [0, 0.05) is 57.8 Å². The van der Waals surface area contributed by atoms with Gasteiger partial charge in [-0.3, -0.25) is 4.90 Å². The zero-order chi connectivity index (χ0) is 40.5. The summed E-state index contributed by atoms with van der Waals surface area (Å²) in [6.45, 7) is 10.8. The van der Waals surface area contributed by atoms with Crippen molar-refractivity contribution in [3.63, 3.8) is 0 Å². The lowest BCUT2D eigenvalue weighted by atomic mass is 9.55. The van der Waals surface area contributed by atoms with Crippen LogP contribution in [0.25, 0.3) is 0 Å². The van der Waals surface area contributed by atoms with E-state index >= 15 is 0 Å². The molecule has 11 nitrogen and oxygen atoms in total. The van der Waals surface area contributed by atoms with Gasteiger partial charge in [0.15, 0.2) is 0 Å². The molecule has 2 aliphatic carbocycles. The number of unbranched alkanes of at least 4 members (excludes halogenated alkanes) is 11. The van der Waals surface area contributed by atoms with E-state index in [1.54, 1.807) is 25.1 Å². The Bertz CT molecular complexity index is 1450. The normalized spacial score (nSPS) is 25.5. The largest absolute Gasteiger partial charge is 0.492 e. The van der Waals surface area contributed by atoms with Gasteiger partial charge in [-0.05, 0) is 67.7 Å². The Morgan fingerprint density at radius 1 is 0.982 bits per heavy atom. The van der Waals surface area contributed by atoms with E-state index in [9.17, 15) is 15.0 Å². The van der Waals surface area contributed by atoms with Crippen LogP contribution in [0.3, 0.4) is 0 Å². The second kappa shape index (κ2) is 23.5. The van der Waals surface area contributed by atoms with Gasteiger partial charge in [-0.1, -0.05) is 94.9 Å². The van der Waals surface area contributed by atoms with Crippen molar-refractivity contribution < 1.29 is 38.8 Å². The third-order valence-electron chi connectivity index (χ3n) is 12.5. The molecule has 4 aliphatic rings. The first-order valence-electron chi connectivity index (χ1n) is 22.3. The lowest BCUT2D eigenvalue weighted by Crippen LogP contribution is -2.69. The highest BCUT2D eigenvalue weighted by atomic mass is 16.7. The summed E-state index contributed by atoms with van der Waals surface area (Å²) in [5.74, 6) is 0.106. The predicted octanol–water partition coefficient (Wildman–Crippen LogP) is 8.63. The number of likely N-dealkylation sites (N-methyl/N-ethyl adjacent to an activating group) is 1. The number of aliphatic hydroxyl groups is 2. The van der Waals surface area contributed by atoms with Gasteiger partial charge < -0.3 is 38.9 Å². The minimum Gasteiger partial charge on any atom is -0.492 e. The third kappa shape index (κ3) is 12.0. The maximum Gasteiger partial charge on any atom is 0.409 e. The number of aliphatic hydroxyl groups excluding tert-OH is 2. The number of hydrogen-bond donors (Lipinski definition) is 2. The molecular formula is C46H73N3O8. The van der Waals surface area contributed by atoms with Gasteiger partial charge in [0.1, 0.15) is 31.3 Å².